The summed E-state index contributed by atoms with van der Waals surface area (Å²) in [4.78, 5) is 81.4. The molecule has 0 spiro atoms. The van der Waals surface area contributed by atoms with Gasteiger partial charge in [-0.3, -0.25) is 14.0 Å². The molecule has 1 aliphatic heterocycles. The molecule has 2 heterocycles. The number of rotatable bonds is 29. The Balaban J connectivity index is -0.00000179. The Bertz CT molecular complexity index is 3970. The van der Waals surface area contributed by atoms with E-state index >= 15 is 0 Å². The molecule has 29 nitrogen and oxygen atoms in total. The Labute approximate surface area is 754 Å². The van der Waals surface area contributed by atoms with Crippen molar-refractivity contribution in [1.29, 1.82) is 0 Å². The van der Waals surface area contributed by atoms with E-state index in [0.29, 0.717) is 25.7 Å². The van der Waals surface area contributed by atoms with Crippen molar-refractivity contribution in [3.63, 3.8) is 0 Å². The number of amidine groups is 2. The van der Waals surface area contributed by atoms with Crippen LogP contribution in [0.5, 0.6) is 69.0 Å². The Morgan fingerprint density at radius 3 is 1.06 bits per heavy atom. The maximum absolute atomic E-state index is 12.4. The number of hydrogen-bond donors (Lipinski definition) is 10. The number of aliphatic imine (C=N–C) groups is 2. The number of phenols is 9. The summed E-state index contributed by atoms with van der Waals surface area (Å²) in [6, 6.07) is 25.0. The molecule has 36 heteroatoms. The number of alkyl halides is 2. The number of unbranched alkanes of at least 4 members (excludes halogenated alkanes) is 4. The Kier molecular flexibility index (Phi) is 54.9. The maximum atomic E-state index is 12.4. The van der Waals surface area contributed by atoms with Gasteiger partial charge in [-0.15, -0.1) is 23.4 Å². The van der Waals surface area contributed by atoms with Crippen molar-refractivity contribution < 1.29 is 223 Å². The van der Waals surface area contributed by atoms with E-state index in [2.05, 4.69) is 64.1 Å². The smallest absolute Gasteiger partial charge is 1.00 e. The van der Waals surface area contributed by atoms with Crippen LogP contribution < -0.4 is 128 Å². The average molecular weight is 1640 g/mol. The molecule has 0 fully saturated rings. The van der Waals surface area contributed by atoms with Crippen LogP contribution in [0.2, 0.25) is 0 Å². The van der Waals surface area contributed by atoms with Gasteiger partial charge in [0.1, 0.15) is 86.0 Å². The molecule has 0 amide bonds. The van der Waals surface area contributed by atoms with Crippen molar-refractivity contribution >= 4 is 76.2 Å². The van der Waals surface area contributed by atoms with Gasteiger partial charge in [0.15, 0.2) is 42.0 Å². The third-order valence-electron chi connectivity index (χ3n) is 15.0. The zero-order chi connectivity index (χ0) is 83.1. The number of aromatic nitrogens is 3. The first-order valence-electron chi connectivity index (χ1n) is 34.7. The number of esters is 4. The van der Waals surface area contributed by atoms with Crippen LogP contribution in [-0.2, 0) is 47.8 Å². The summed E-state index contributed by atoms with van der Waals surface area (Å²) in [6.45, 7) is 11.5. The first-order valence-corrected chi connectivity index (χ1v) is 34.5. The normalized spacial score (nSPS) is 12.2. The van der Waals surface area contributed by atoms with Crippen molar-refractivity contribution in [2.24, 2.45) is 9.98 Å². The number of aromatic hydroxyl groups is 9. The van der Waals surface area contributed by atoms with Gasteiger partial charge in [0.05, 0.1) is 64.8 Å². The van der Waals surface area contributed by atoms with E-state index in [0.717, 1.165) is 76.6 Å². The van der Waals surface area contributed by atoms with Crippen molar-refractivity contribution in [3.05, 3.63) is 126 Å². The predicted octanol–water partition coefficient (Wildman–Crippen LogP) is 5.36. The second kappa shape index (κ2) is 59.3. The molecule has 0 bridgehead atoms. The number of hydrogen-bond acceptors (Lipinski definition) is 29. The molecule has 597 valence electrons. The van der Waals surface area contributed by atoms with Gasteiger partial charge in [-0.25, -0.2) is 39.3 Å². The van der Waals surface area contributed by atoms with E-state index < -0.39 is 54.9 Å². The molecule has 8 rings (SSSR count). The van der Waals surface area contributed by atoms with Gasteiger partial charge < -0.3 is 96.0 Å². The second-order valence-electron chi connectivity index (χ2n) is 22.8. The van der Waals surface area contributed by atoms with Gasteiger partial charge in [-0.2, -0.15) is 0 Å². The number of phenolic OH excluding ortho intramolecular Hbond substituents is 9. The second-order valence-corrected chi connectivity index (χ2v) is 23.3. The molecule has 0 saturated carbocycles. The molecule has 4 atom stereocenters. The number of nitrogens with one attached hydrogen (secondary N) is 1. The average Bonchev–Trinajstić information content (AvgIpc) is 0.799. The van der Waals surface area contributed by atoms with Crippen molar-refractivity contribution in [2.45, 2.75) is 156 Å². The van der Waals surface area contributed by atoms with Crippen molar-refractivity contribution in [2.75, 3.05) is 35.6 Å². The van der Waals surface area contributed by atoms with Crippen LogP contribution in [0, 0.1) is 11.8 Å². The van der Waals surface area contributed by atoms with Gasteiger partial charge >= 0.3 is 127 Å². The summed E-state index contributed by atoms with van der Waals surface area (Å²) in [5.74, 6) is 2.29. The maximum Gasteiger partial charge on any atom is 1.00 e. The number of carbonyl (C=O) groups excluding carboxylic acids is 5. The summed E-state index contributed by atoms with van der Waals surface area (Å²) in [5.41, 5.74) is 1.21. The van der Waals surface area contributed by atoms with E-state index in [1.807, 2.05) is 34.6 Å². The first kappa shape index (κ1) is 105. The minimum absolute atomic E-state index is 0. The summed E-state index contributed by atoms with van der Waals surface area (Å²) in [6.07, 6.45) is 4.99. The molecule has 6 aromatic carbocycles. The van der Waals surface area contributed by atoms with Gasteiger partial charge in [-0.05, 0) is 132 Å². The number of methoxy groups -OCH3 is 4. The zero-order valence-corrected chi connectivity index (χ0v) is 71.5. The fraction of sp³-hybridized carbons (Fsp3) is 0.377. The van der Waals surface area contributed by atoms with Crippen LogP contribution in [0.25, 0.3) is 34.2 Å². The van der Waals surface area contributed by atoms with Gasteiger partial charge in [0.2, 0.25) is 0 Å². The topological polar surface area (TPSA) is 440 Å². The van der Waals surface area contributed by atoms with E-state index in [1.165, 1.54) is 83.0 Å². The molecule has 1 aliphatic rings. The SMILES string of the molecule is C.CC#CC.CCCCC(Cl)C(=O)OC.CCCCC(Oc1ccc(C2=NC(c3ccc(OC(CCCC)C(=O)OC)cc3O)N=C(c3ccc(OC(CCCC)C(=O)OC)cc3O)N2)c(O)c1)C(=O)OC.O=CO[O-].Oc1ccc(-c2nc(-c3ccc(O)cc3O)nc(-c3ccc(O)cc3O)n2)c(O)c1.[2H]CF.[B][B][B].[H-].[K+].[K+]. The standard InChI is InChI=1S/C42H53N3O12.C21H15N3O6.C7H13ClO2.C4H6.CH3F.CH2O3.CH4.B3.2K.H/c1-7-10-13-34(40(49)52-4)55-25-16-19-28(31(46)22-25)37-43-38(29-20-17-26(23-32(29)47)56-35(14-11-8-2)41(50)53-5)45-39(44-37)30-21-18-27(24-33(30)48)57-36(15-12-9-3)42(51)54-6;25-10-1-4-13(16(28)7-10)19-22-20(14-5-2-11(26)8-17(14)29)24-21(23-19)15-6-3-12(27)9-18(15)30;1-3-4-5-6(8)7(9)10-2;1-3-4-2;1-2;2-1-4-3;;1-3-2;;;/h16-24,34-37,46-48H,7-15H2,1-6H3,(H,43,44,45);1-9,25-30H;6H,3-5H2,1-2H3;1-2H3;1H3;1,3H;1H4;;;;/q;;;;;;;;2*+1;-1/p-1/i;;;;1D;;;;;;. The quantitative estimate of drug-likeness (QED) is 0.00412. The summed E-state index contributed by atoms with van der Waals surface area (Å²) in [5, 5.41) is 104. The predicted molar refractivity (Wildman–Crippen MR) is 417 cm³/mol. The number of carbonyl (C=O) groups is 5. The molecule has 4 unspecified atom stereocenters. The van der Waals surface area contributed by atoms with E-state index in [-0.39, 0.29) is 256 Å². The summed E-state index contributed by atoms with van der Waals surface area (Å²) >= 11 is 5.64. The molecular formula is C77H96B3ClFK2N6O23. The zero-order valence-electron chi connectivity index (χ0n) is 66.5. The minimum Gasteiger partial charge on any atom is -1.00 e. The largest absolute Gasteiger partial charge is 1.00 e. The first-order chi connectivity index (χ1) is 53.1. The van der Waals surface area contributed by atoms with Crippen LogP contribution in [-0.4, -0.2) is 185 Å². The van der Waals surface area contributed by atoms with Crippen LogP contribution in [0.1, 0.15) is 152 Å². The molecular weight excluding hydrogens is 1540 g/mol. The van der Waals surface area contributed by atoms with Crippen LogP contribution in [0.4, 0.5) is 4.39 Å². The Hall–Kier alpha value is -8.37. The number of benzene rings is 6. The fourth-order valence-corrected chi connectivity index (χ4v) is 9.72. The summed E-state index contributed by atoms with van der Waals surface area (Å²) in [7, 11) is 14.2. The monoisotopic (exact) mass is 1640 g/mol. The van der Waals surface area contributed by atoms with Gasteiger partial charge in [0, 0.05) is 64.5 Å². The van der Waals surface area contributed by atoms with E-state index in [4.69, 9.17) is 61.4 Å². The van der Waals surface area contributed by atoms with Crippen LogP contribution >= 0.6 is 11.6 Å². The van der Waals surface area contributed by atoms with E-state index in [9.17, 15) is 69.5 Å². The molecule has 0 aliphatic carbocycles. The Morgan fingerprint density at radius 1 is 0.531 bits per heavy atom. The van der Waals surface area contributed by atoms with Crippen molar-refractivity contribution in [3.8, 4) is 115 Å². The molecule has 0 saturated heterocycles. The molecule has 113 heavy (non-hydrogen) atoms. The van der Waals surface area contributed by atoms with Crippen LogP contribution in [0.3, 0.4) is 0 Å². The molecule has 7 aromatic rings. The van der Waals surface area contributed by atoms with Crippen LogP contribution in [0.15, 0.2) is 119 Å². The summed E-state index contributed by atoms with van der Waals surface area (Å²) < 4.78 is 52.4. The van der Waals surface area contributed by atoms with Crippen molar-refractivity contribution in [1.82, 2.24) is 20.3 Å². The fourth-order valence-electron chi connectivity index (χ4n) is 9.47. The number of ether oxygens (including phenoxy) is 7. The number of nitrogens with zero attached hydrogens (tertiary/aromatic N) is 5. The molecule has 1 aromatic heterocycles. The molecule has 5 radical (unpaired) electrons. The van der Waals surface area contributed by atoms with Gasteiger partial charge in [-0.1, -0.05) is 67.2 Å². The molecule has 10 N–H and O–H groups in total. The number of halogens is 2. The Morgan fingerprint density at radius 2 is 0.805 bits per heavy atom. The van der Waals surface area contributed by atoms with Gasteiger partial charge in [0.25, 0.3) is 6.47 Å². The third-order valence-corrected chi connectivity index (χ3v) is 15.4. The van der Waals surface area contributed by atoms with E-state index in [1.54, 1.807) is 36.4 Å². The third kappa shape index (κ3) is 36.3. The minimum atomic E-state index is -1.11.